The SMILES string of the molecule is CS/C(=C\C(=O)c1ccccc1)C(C)C(=O)c1ccccc1. The van der Waals surface area contributed by atoms with E-state index in [4.69, 9.17) is 0 Å². The number of rotatable bonds is 6. The number of ketones is 2. The zero-order valence-electron chi connectivity index (χ0n) is 12.7. The highest BCUT2D eigenvalue weighted by Crippen LogP contribution is 2.26. The Hall–Kier alpha value is -2.13. The van der Waals surface area contributed by atoms with E-state index in [9.17, 15) is 9.59 Å². The number of hydrogen-bond donors (Lipinski definition) is 0. The molecule has 3 heteroatoms. The molecule has 0 heterocycles. The normalized spacial score (nSPS) is 12.7. The molecule has 0 saturated heterocycles. The Morgan fingerprint density at radius 2 is 1.41 bits per heavy atom. The first-order valence-corrected chi connectivity index (χ1v) is 8.30. The van der Waals surface area contributed by atoms with Crippen molar-refractivity contribution in [3.63, 3.8) is 0 Å². The third kappa shape index (κ3) is 3.95. The molecule has 2 aromatic rings. The van der Waals surface area contributed by atoms with E-state index in [1.807, 2.05) is 49.6 Å². The van der Waals surface area contributed by atoms with Crippen molar-refractivity contribution < 1.29 is 9.59 Å². The molecule has 2 rings (SSSR count). The fraction of sp³-hybridized carbons (Fsp3) is 0.158. The standard InChI is InChI=1S/C19H18O2S/c1-14(19(21)16-11-7-4-8-12-16)18(22-2)13-17(20)15-9-5-3-6-10-15/h3-14H,1-2H3/b18-13-. The number of hydrogen-bond acceptors (Lipinski definition) is 3. The van der Waals surface area contributed by atoms with E-state index >= 15 is 0 Å². The van der Waals surface area contributed by atoms with Gasteiger partial charge >= 0.3 is 0 Å². The zero-order valence-corrected chi connectivity index (χ0v) is 13.5. The lowest BCUT2D eigenvalue weighted by molar-refractivity contribution is 0.0951. The first kappa shape index (κ1) is 16.2. The van der Waals surface area contributed by atoms with Crippen LogP contribution >= 0.6 is 11.8 Å². The quantitative estimate of drug-likeness (QED) is 0.576. The highest BCUT2D eigenvalue weighted by Gasteiger charge is 2.20. The molecular weight excluding hydrogens is 292 g/mol. The van der Waals surface area contributed by atoms with Crippen LogP contribution in [0.3, 0.4) is 0 Å². The molecule has 0 radical (unpaired) electrons. The van der Waals surface area contributed by atoms with Crippen LogP contribution < -0.4 is 0 Å². The Balaban J connectivity index is 2.22. The van der Waals surface area contributed by atoms with Gasteiger partial charge in [-0.2, -0.15) is 0 Å². The molecule has 0 saturated carbocycles. The van der Waals surface area contributed by atoms with Gasteiger partial charge in [0.15, 0.2) is 11.6 Å². The van der Waals surface area contributed by atoms with Crippen LogP contribution in [0.4, 0.5) is 0 Å². The number of carbonyl (C=O) groups is 2. The molecule has 0 N–H and O–H groups in total. The fourth-order valence-corrected chi connectivity index (χ4v) is 2.84. The smallest absolute Gasteiger partial charge is 0.186 e. The van der Waals surface area contributed by atoms with Gasteiger partial charge in [0.1, 0.15) is 0 Å². The molecule has 1 atom stereocenters. The van der Waals surface area contributed by atoms with Crippen molar-refractivity contribution in [1.82, 2.24) is 0 Å². The van der Waals surface area contributed by atoms with Crippen LogP contribution in [0.1, 0.15) is 27.6 Å². The molecule has 2 aromatic carbocycles. The first-order chi connectivity index (χ1) is 10.6. The fourth-order valence-electron chi connectivity index (χ4n) is 2.16. The van der Waals surface area contributed by atoms with Crippen molar-refractivity contribution in [3.8, 4) is 0 Å². The van der Waals surface area contributed by atoms with E-state index in [2.05, 4.69) is 0 Å². The third-order valence-corrected chi connectivity index (χ3v) is 4.39. The summed E-state index contributed by atoms with van der Waals surface area (Å²) in [6.07, 6.45) is 3.46. The maximum Gasteiger partial charge on any atom is 0.186 e. The van der Waals surface area contributed by atoms with Crippen LogP contribution in [-0.4, -0.2) is 17.8 Å². The lowest BCUT2D eigenvalue weighted by Gasteiger charge is -2.13. The van der Waals surface area contributed by atoms with Gasteiger partial charge in [-0.1, -0.05) is 67.6 Å². The topological polar surface area (TPSA) is 34.1 Å². The van der Waals surface area contributed by atoms with E-state index in [0.29, 0.717) is 11.1 Å². The summed E-state index contributed by atoms with van der Waals surface area (Å²) in [6, 6.07) is 18.3. The average Bonchev–Trinajstić information content (AvgIpc) is 2.59. The number of benzene rings is 2. The van der Waals surface area contributed by atoms with Crippen LogP contribution in [0.25, 0.3) is 0 Å². The summed E-state index contributed by atoms with van der Waals surface area (Å²) >= 11 is 1.44. The molecule has 112 valence electrons. The molecule has 1 unspecified atom stereocenters. The van der Waals surface area contributed by atoms with Gasteiger partial charge in [0, 0.05) is 11.1 Å². The van der Waals surface area contributed by atoms with Crippen molar-refractivity contribution in [3.05, 3.63) is 82.8 Å². The molecule has 0 aliphatic carbocycles. The second kappa shape index (κ2) is 7.76. The highest BCUT2D eigenvalue weighted by atomic mass is 32.2. The lowest BCUT2D eigenvalue weighted by Crippen LogP contribution is -2.13. The molecule has 0 spiro atoms. The molecule has 0 bridgehead atoms. The Bertz CT molecular complexity index is 675. The minimum absolute atomic E-state index is 0.0297. The van der Waals surface area contributed by atoms with E-state index < -0.39 is 0 Å². The Morgan fingerprint density at radius 3 is 1.91 bits per heavy atom. The van der Waals surface area contributed by atoms with Gasteiger partial charge in [-0.15, -0.1) is 11.8 Å². The Labute approximate surface area is 135 Å². The average molecular weight is 310 g/mol. The van der Waals surface area contributed by atoms with E-state index in [-0.39, 0.29) is 17.5 Å². The predicted molar refractivity (Wildman–Crippen MR) is 92.3 cm³/mol. The van der Waals surface area contributed by atoms with Crippen LogP contribution in [0, 0.1) is 5.92 Å². The minimum atomic E-state index is -0.329. The monoisotopic (exact) mass is 310 g/mol. The number of Topliss-reactive ketones (excluding diaryl/α,β-unsaturated/α-hetero) is 1. The van der Waals surface area contributed by atoms with E-state index in [0.717, 1.165) is 4.91 Å². The molecule has 0 amide bonds. The molecule has 0 fully saturated rings. The van der Waals surface area contributed by atoms with Crippen molar-refractivity contribution in [2.24, 2.45) is 5.92 Å². The van der Waals surface area contributed by atoms with E-state index in [1.54, 1.807) is 30.3 Å². The van der Waals surface area contributed by atoms with Crippen LogP contribution in [0.5, 0.6) is 0 Å². The largest absolute Gasteiger partial charge is 0.293 e. The second-order valence-corrected chi connectivity index (χ2v) is 5.81. The van der Waals surface area contributed by atoms with Gasteiger partial charge in [-0.25, -0.2) is 0 Å². The number of carbonyl (C=O) groups excluding carboxylic acids is 2. The maximum atomic E-state index is 12.5. The summed E-state index contributed by atoms with van der Waals surface area (Å²) in [7, 11) is 0. The summed E-state index contributed by atoms with van der Waals surface area (Å²) in [5.41, 5.74) is 1.30. The minimum Gasteiger partial charge on any atom is -0.293 e. The van der Waals surface area contributed by atoms with Gasteiger partial charge in [0.05, 0.1) is 5.92 Å². The van der Waals surface area contributed by atoms with Gasteiger partial charge in [-0.05, 0) is 17.2 Å². The summed E-state index contributed by atoms with van der Waals surface area (Å²) in [5, 5.41) is 0. The lowest BCUT2D eigenvalue weighted by atomic mass is 9.97. The maximum absolute atomic E-state index is 12.5. The summed E-state index contributed by atoms with van der Waals surface area (Å²) in [4.78, 5) is 25.6. The highest BCUT2D eigenvalue weighted by molar-refractivity contribution is 8.02. The van der Waals surface area contributed by atoms with Crippen molar-refractivity contribution >= 4 is 23.3 Å². The van der Waals surface area contributed by atoms with Crippen LogP contribution in [0.2, 0.25) is 0 Å². The molecule has 0 aliphatic heterocycles. The van der Waals surface area contributed by atoms with Gasteiger partial charge in [-0.3, -0.25) is 9.59 Å². The van der Waals surface area contributed by atoms with E-state index in [1.165, 1.54) is 11.8 Å². The first-order valence-electron chi connectivity index (χ1n) is 7.07. The van der Waals surface area contributed by atoms with Crippen molar-refractivity contribution in [2.45, 2.75) is 6.92 Å². The molecular formula is C19H18O2S. The molecule has 0 aromatic heterocycles. The predicted octanol–water partition coefficient (Wildman–Crippen LogP) is 4.64. The molecule has 0 aliphatic rings. The summed E-state index contributed by atoms with van der Waals surface area (Å²) in [5.74, 6) is -0.371. The van der Waals surface area contributed by atoms with Crippen molar-refractivity contribution in [1.29, 1.82) is 0 Å². The summed E-state index contributed by atoms with van der Waals surface area (Å²) < 4.78 is 0. The van der Waals surface area contributed by atoms with Gasteiger partial charge in [0.25, 0.3) is 0 Å². The summed E-state index contributed by atoms with van der Waals surface area (Å²) in [6.45, 7) is 1.84. The third-order valence-electron chi connectivity index (χ3n) is 3.45. The molecule has 2 nitrogen and oxygen atoms in total. The Morgan fingerprint density at radius 1 is 0.909 bits per heavy atom. The van der Waals surface area contributed by atoms with Gasteiger partial charge < -0.3 is 0 Å². The number of allylic oxidation sites excluding steroid dienone is 2. The molecule has 22 heavy (non-hydrogen) atoms. The zero-order chi connectivity index (χ0) is 15.9. The van der Waals surface area contributed by atoms with Crippen LogP contribution in [0.15, 0.2) is 71.6 Å². The number of thioether (sulfide) groups is 1. The second-order valence-electron chi connectivity index (χ2n) is 4.93. The Kier molecular flexibility index (Phi) is 5.73. The van der Waals surface area contributed by atoms with Gasteiger partial charge in [0.2, 0.25) is 0 Å². The van der Waals surface area contributed by atoms with Crippen molar-refractivity contribution in [2.75, 3.05) is 6.26 Å². The van der Waals surface area contributed by atoms with Crippen LogP contribution in [-0.2, 0) is 0 Å².